The fourth-order valence-corrected chi connectivity index (χ4v) is 7.09. The van der Waals surface area contributed by atoms with Crippen LogP contribution in [0.4, 0.5) is 5.69 Å². The summed E-state index contributed by atoms with van der Waals surface area (Å²) in [5.74, 6) is -0.397. The molecule has 0 saturated carbocycles. The predicted octanol–water partition coefficient (Wildman–Crippen LogP) is 6.82. The molecule has 39 heavy (non-hydrogen) atoms. The Bertz CT molecular complexity index is 1760. The molecule has 2 aromatic carbocycles. The van der Waals surface area contributed by atoms with Gasteiger partial charge in [0.25, 0.3) is 0 Å². The third-order valence-corrected chi connectivity index (χ3v) is 8.79. The highest BCUT2D eigenvalue weighted by molar-refractivity contribution is 6.30. The molecule has 0 aliphatic carbocycles. The van der Waals surface area contributed by atoms with Crippen LogP contribution in [0.25, 0.3) is 16.6 Å². The zero-order valence-corrected chi connectivity index (χ0v) is 22.1. The van der Waals surface area contributed by atoms with E-state index in [-0.39, 0.29) is 0 Å². The van der Waals surface area contributed by atoms with Gasteiger partial charge in [0.2, 0.25) is 5.60 Å². The predicted molar refractivity (Wildman–Crippen MR) is 153 cm³/mol. The molecule has 3 aliphatic heterocycles. The van der Waals surface area contributed by atoms with Crippen molar-refractivity contribution in [3.05, 3.63) is 124 Å². The Balaban J connectivity index is 1.50. The number of aryl methyl sites for hydroxylation is 2. The quantitative estimate of drug-likeness (QED) is 0.240. The van der Waals surface area contributed by atoms with Crippen LogP contribution in [-0.4, -0.2) is 28.4 Å². The number of rotatable bonds is 3. The Hall–Kier alpha value is -4.09. The summed E-state index contributed by atoms with van der Waals surface area (Å²) in [5.41, 5.74) is 8.99. The SMILES string of the molecule is O=C1OC(c2cc3c4c(c2)CCCN4CCC3)(c2c(-c3ccc(Cl)cc3)cc3ccccn23)c2cccnc21. The maximum Gasteiger partial charge on any atom is 0.359 e. The molecule has 192 valence electrons. The fourth-order valence-electron chi connectivity index (χ4n) is 6.96. The lowest BCUT2D eigenvalue weighted by Crippen LogP contribution is -2.36. The number of pyridine rings is 2. The number of hydrogen-bond donors (Lipinski definition) is 0. The number of esters is 1. The Labute approximate surface area is 231 Å². The number of benzene rings is 2. The van der Waals surface area contributed by atoms with E-state index in [4.69, 9.17) is 16.3 Å². The Morgan fingerprint density at radius 1 is 0.897 bits per heavy atom. The summed E-state index contributed by atoms with van der Waals surface area (Å²) in [6.45, 7) is 2.21. The summed E-state index contributed by atoms with van der Waals surface area (Å²) in [6.07, 6.45) is 8.03. The summed E-state index contributed by atoms with van der Waals surface area (Å²) in [6, 6.07) is 24.7. The van der Waals surface area contributed by atoms with Crippen LogP contribution >= 0.6 is 11.6 Å². The lowest BCUT2D eigenvalue weighted by molar-refractivity contribution is 0.0235. The van der Waals surface area contributed by atoms with Gasteiger partial charge in [-0.05, 0) is 90.9 Å². The maximum atomic E-state index is 13.6. The highest BCUT2D eigenvalue weighted by Crippen LogP contribution is 2.52. The number of carbonyl (C=O) groups excluding carboxylic acids is 1. The van der Waals surface area contributed by atoms with Crippen molar-refractivity contribution in [2.24, 2.45) is 0 Å². The summed E-state index contributed by atoms with van der Waals surface area (Å²) in [7, 11) is 0. The molecule has 3 aromatic heterocycles. The highest BCUT2D eigenvalue weighted by Gasteiger charge is 2.53. The van der Waals surface area contributed by atoms with Gasteiger partial charge in [-0.3, -0.25) is 0 Å². The number of halogens is 1. The minimum Gasteiger partial charge on any atom is -0.438 e. The van der Waals surface area contributed by atoms with Crippen LogP contribution in [0.2, 0.25) is 5.02 Å². The second-order valence-electron chi connectivity index (χ2n) is 10.7. The lowest BCUT2D eigenvalue weighted by Gasteiger charge is -2.39. The Morgan fingerprint density at radius 3 is 2.44 bits per heavy atom. The number of aromatic nitrogens is 2. The third-order valence-electron chi connectivity index (χ3n) is 8.53. The van der Waals surface area contributed by atoms with Gasteiger partial charge in [0.1, 0.15) is 0 Å². The van der Waals surface area contributed by atoms with E-state index in [1.54, 1.807) is 6.20 Å². The molecule has 1 atom stereocenters. The summed E-state index contributed by atoms with van der Waals surface area (Å²) >= 11 is 6.29. The van der Waals surface area contributed by atoms with Crippen molar-refractivity contribution in [1.82, 2.24) is 9.38 Å². The molecule has 6 heteroatoms. The van der Waals surface area contributed by atoms with Gasteiger partial charge in [-0.1, -0.05) is 35.9 Å². The molecule has 5 nitrogen and oxygen atoms in total. The first-order valence-electron chi connectivity index (χ1n) is 13.6. The largest absolute Gasteiger partial charge is 0.438 e. The van der Waals surface area contributed by atoms with Crippen LogP contribution in [-0.2, 0) is 23.2 Å². The molecule has 0 fully saturated rings. The monoisotopic (exact) mass is 531 g/mol. The molecule has 0 spiro atoms. The summed E-state index contributed by atoms with van der Waals surface area (Å²) in [4.78, 5) is 20.6. The Kier molecular flexibility index (Phi) is 4.95. The van der Waals surface area contributed by atoms with Crippen LogP contribution in [0.3, 0.4) is 0 Å². The second kappa shape index (κ2) is 8.45. The van der Waals surface area contributed by atoms with Gasteiger partial charge in [-0.2, -0.15) is 0 Å². The van der Waals surface area contributed by atoms with E-state index in [2.05, 4.69) is 44.7 Å². The van der Waals surface area contributed by atoms with E-state index in [0.717, 1.165) is 72.2 Å². The van der Waals surface area contributed by atoms with E-state index in [1.165, 1.54) is 16.8 Å². The van der Waals surface area contributed by atoms with Gasteiger partial charge in [0, 0.05) is 58.4 Å². The van der Waals surface area contributed by atoms with Gasteiger partial charge in [-0.15, -0.1) is 0 Å². The molecular weight excluding hydrogens is 506 g/mol. The van der Waals surface area contributed by atoms with E-state index >= 15 is 0 Å². The number of hydrogen-bond acceptors (Lipinski definition) is 4. The normalized spacial score (nSPS) is 19.6. The van der Waals surface area contributed by atoms with Crippen molar-refractivity contribution in [3.8, 4) is 11.1 Å². The van der Waals surface area contributed by atoms with Gasteiger partial charge < -0.3 is 14.0 Å². The third kappa shape index (κ3) is 3.26. The number of cyclic esters (lactones) is 1. The zero-order chi connectivity index (χ0) is 26.1. The zero-order valence-electron chi connectivity index (χ0n) is 21.4. The molecule has 0 saturated heterocycles. The number of fused-ring (bicyclic) bond motifs is 2. The van der Waals surface area contributed by atoms with Crippen molar-refractivity contribution in [2.75, 3.05) is 18.0 Å². The van der Waals surface area contributed by atoms with Crippen LogP contribution in [0, 0.1) is 0 Å². The van der Waals surface area contributed by atoms with E-state index in [9.17, 15) is 4.79 Å². The summed E-state index contributed by atoms with van der Waals surface area (Å²) in [5, 5.41) is 0.680. The molecule has 1 unspecified atom stereocenters. The van der Waals surface area contributed by atoms with Gasteiger partial charge in [0.15, 0.2) is 5.69 Å². The van der Waals surface area contributed by atoms with Crippen molar-refractivity contribution < 1.29 is 9.53 Å². The van der Waals surface area contributed by atoms with Crippen LogP contribution < -0.4 is 4.90 Å². The maximum absolute atomic E-state index is 13.6. The van der Waals surface area contributed by atoms with Gasteiger partial charge >= 0.3 is 5.97 Å². The van der Waals surface area contributed by atoms with E-state index < -0.39 is 11.6 Å². The fraction of sp³-hybridized carbons (Fsp3) is 0.212. The van der Waals surface area contributed by atoms with Crippen molar-refractivity contribution >= 4 is 28.8 Å². The highest BCUT2D eigenvalue weighted by atomic mass is 35.5. The topological polar surface area (TPSA) is 46.8 Å². The molecule has 0 radical (unpaired) electrons. The first kappa shape index (κ1) is 22.9. The Morgan fingerprint density at radius 2 is 1.67 bits per heavy atom. The van der Waals surface area contributed by atoms with Crippen molar-refractivity contribution in [1.29, 1.82) is 0 Å². The molecule has 0 bridgehead atoms. The molecular formula is C33H26ClN3O2. The van der Waals surface area contributed by atoms with E-state index in [1.807, 2.05) is 48.5 Å². The molecule has 3 aliphatic rings. The average molecular weight is 532 g/mol. The first-order valence-corrected chi connectivity index (χ1v) is 14.0. The average Bonchev–Trinajstić information content (AvgIpc) is 3.50. The number of nitrogens with zero attached hydrogens (tertiary/aromatic N) is 3. The molecule has 6 heterocycles. The van der Waals surface area contributed by atoms with Crippen molar-refractivity contribution in [2.45, 2.75) is 31.3 Å². The lowest BCUT2D eigenvalue weighted by atomic mass is 9.78. The smallest absolute Gasteiger partial charge is 0.359 e. The standard InChI is InChI=1S/C33H26ClN3O2/c34-25-12-10-21(11-13-25)27-20-26-8-1-2-17-37(26)31(27)33(28-9-3-14-35-29(28)32(38)39-33)24-18-22-6-4-15-36-16-5-7-23(19-24)30(22)36/h1-3,8-14,17-20H,4-7,15-16H2. The molecule has 8 rings (SSSR count). The second-order valence-corrected chi connectivity index (χ2v) is 11.2. The van der Waals surface area contributed by atoms with Crippen LogP contribution in [0.15, 0.2) is 85.2 Å². The van der Waals surface area contributed by atoms with Gasteiger partial charge in [0.05, 0.1) is 5.69 Å². The van der Waals surface area contributed by atoms with Crippen LogP contribution in [0.5, 0.6) is 0 Å². The van der Waals surface area contributed by atoms with Gasteiger partial charge in [-0.25, -0.2) is 9.78 Å². The minimum atomic E-state index is -1.16. The van der Waals surface area contributed by atoms with E-state index in [0.29, 0.717) is 10.7 Å². The molecule has 0 N–H and O–H groups in total. The number of ether oxygens (including phenoxy) is 1. The number of carbonyl (C=O) groups is 1. The minimum absolute atomic E-state index is 0.374. The molecule has 5 aromatic rings. The first-order chi connectivity index (χ1) is 19.1. The number of anilines is 1. The molecule has 0 amide bonds. The van der Waals surface area contributed by atoms with Crippen molar-refractivity contribution in [3.63, 3.8) is 0 Å². The summed E-state index contributed by atoms with van der Waals surface area (Å²) < 4.78 is 8.78. The van der Waals surface area contributed by atoms with Crippen LogP contribution in [0.1, 0.15) is 51.3 Å².